The van der Waals surface area contributed by atoms with Gasteiger partial charge in [0.05, 0.1) is 4.92 Å². The number of Topliss-reactive ketones (excluding diaryl/α,β-unsaturated/α-hetero) is 1. The van der Waals surface area contributed by atoms with Crippen molar-refractivity contribution in [3.63, 3.8) is 0 Å². The highest BCUT2D eigenvalue weighted by Gasteiger charge is 2.32. The predicted octanol–water partition coefficient (Wildman–Crippen LogP) is 2.33. The van der Waals surface area contributed by atoms with Crippen LogP contribution in [0.15, 0.2) is 30.3 Å². The standard InChI is InChI=1S/C16H13N2O5.H2O/c1-2-14(19)12-5-8(17-21)6-13-15(12)10-4-3-9(18(22)23)7-11(10)16(13)20;/h3-7,16-17,20H,2H2,1H3;1H2/q-1;. The molecule has 0 aromatic heterocycles. The number of ketones is 1. The molecule has 0 amide bonds. The number of aliphatic hydroxyl groups is 1. The van der Waals surface area contributed by atoms with E-state index in [-0.39, 0.29) is 29.1 Å². The van der Waals surface area contributed by atoms with E-state index in [0.29, 0.717) is 27.8 Å². The summed E-state index contributed by atoms with van der Waals surface area (Å²) in [5.74, 6) is -0.170. The number of nitro benzene ring substituents is 1. The van der Waals surface area contributed by atoms with Gasteiger partial charge >= 0.3 is 0 Å². The molecule has 0 aliphatic heterocycles. The summed E-state index contributed by atoms with van der Waals surface area (Å²) >= 11 is 0. The molecule has 24 heavy (non-hydrogen) atoms. The van der Waals surface area contributed by atoms with Crippen molar-refractivity contribution >= 4 is 17.2 Å². The van der Waals surface area contributed by atoms with Gasteiger partial charge in [0, 0.05) is 29.8 Å². The van der Waals surface area contributed by atoms with E-state index in [1.165, 1.54) is 30.3 Å². The van der Waals surface area contributed by atoms with Crippen molar-refractivity contribution in [3.05, 3.63) is 62.3 Å². The number of carbonyl (C=O) groups is 1. The summed E-state index contributed by atoms with van der Waals surface area (Å²) < 4.78 is 0. The number of aliphatic hydroxyl groups excluding tert-OH is 1. The van der Waals surface area contributed by atoms with Gasteiger partial charge in [0.25, 0.3) is 5.69 Å². The zero-order valence-corrected chi connectivity index (χ0v) is 12.7. The average molecular weight is 331 g/mol. The van der Waals surface area contributed by atoms with Gasteiger partial charge in [-0.3, -0.25) is 14.9 Å². The summed E-state index contributed by atoms with van der Waals surface area (Å²) in [5, 5.41) is 32.4. The summed E-state index contributed by atoms with van der Waals surface area (Å²) in [7, 11) is 0. The molecule has 0 radical (unpaired) electrons. The molecule has 0 saturated heterocycles. The van der Waals surface area contributed by atoms with Crippen LogP contribution in [0.1, 0.15) is 40.9 Å². The monoisotopic (exact) mass is 331 g/mol. The van der Waals surface area contributed by atoms with Gasteiger partial charge in [0.2, 0.25) is 0 Å². The maximum Gasteiger partial charge on any atom is 0.269 e. The maximum absolute atomic E-state index is 12.2. The number of anilines is 1. The Labute approximate surface area is 136 Å². The van der Waals surface area contributed by atoms with Gasteiger partial charge in [0.15, 0.2) is 5.78 Å². The number of nitrogens with one attached hydrogen (secondary N) is 1. The lowest BCUT2D eigenvalue weighted by molar-refractivity contribution is -0.384. The van der Waals surface area contributed by atoms with Crippen LogP contribution in [-0.4, -0.2) is 21.3 Å². The smallest absolute Gasteiger partial charge is 0.269 e. The first-order valence-electron chi connectivity index (χ1n) is 7.04. The normalized spacial score (nSPS) is 14.4. The number of fused-ring (bicyclic) bond motifs is 3. The van der Waals surface area contributed by atoms with Crippen molar-refractivity contribution in [2.24, 2.45) is 0 Å². The molecule has 1 aliphatic rings. The van der Waals surface area contributed by atoms with Gasteiger partial charge in [-0.1, -0.05) is 6.92 Å². The molecular formula is C16H15N2O6-. The number of carbonyl (C=O) groups excluding carboxylic acids is 1. The van der Waals surface area contributed by atoms with Crippen LogP contribution in [0.5, 0.6) is 0 Å². The minimum atomic E-state index is -1.11. The average Bonchev–Trinajstić information content (AvgIpc) is 2.85. The SMILES string of the molecule is CCC(=O)c1cc(N[O-])cc2c1-c1ccc([N+](=O)[O-])cc1C2O.O. The molecule has 1 unspecified atom stereocenters. The van der Waals surface area contributed by atoms with E-state index in [1.807, 2.05) is 0 Å². The summed E-state index contributed by atoms with van der Waals surface area (Å²) in [6.45, 7) is 1.70. The number of hydrogen-bond donors (Lipinski definition) is 2. The Hall–Kier alpha value is -2.81. The molecule has 2 aromatic carbocycles. The van der Waals surface area contributed by atoms with Crippen molar-refractivity contribution in [2.75, 3.05) is 5.48 Å². The number of hydrogen-bond acceptors (Lipinski definition) is 6. The number of benzene rings is 2. The lowest BCUT2D eigenvalue weighted by atomic mass is 9.95. The van der Waals surface area contributed by atoms with E-state index in [2.05, 4.69) is 0 Å². The van der Waals surface area contributed by atoms with Crippen LogP contribution >= 0.6 is 0 Å². The molecule has 1 atom stereocenters. The zero-order chi connectivity index (χ0) is 16.7. The highest BCUT2D eigenvalue weighted by molar-refractivity contribution is 6.05. The third-order valence-corrected chi connectivity index (χ3v) is 4.01. The van der Waals surface area contributed by atoms with E-state index in [9.17, 15) is 25.2 Å². The summed E-state index contributed by atoms with van der Waals surface area (Å²) in [6, 6.07) is 7.07. The van der Waals surface area contributed by atoms with Crippen LogP contribution in [0, 0.1) is 15.3 Å². The van der Waals surface area contributed by atoms with Gasteiger partial charge in [-0.05, 0) is 40.5 Å². The fourth-order valence-electron chi connectivity index (χ4n) is 2.94. The Morgan fingerprint density at radius 2 is 2.00 bits per heavy atom. The van der Waals surface area contributed by atoms with Crippen molar-refractivity contribution in [1.82, 2.24) is 0 Å². The van der Waals surface area contributed by atoms with E-state index in [4.69, 9.17) is 0 Å². The van der Waals surface area contributed by atoms with Gasteiger partial charge in [-0.2, -0.15) is 0 Å². The Balaban J connectivity index is 0.00000208. The zero-order valence-electron chi connectivity index (χ0n) is 12.7. The molecule has 0 saturated carbocycles. The van der Waals surface area contributed by atoms with Crippen LogP contribution in [0.3, 0.4) is 0 Å². The molecule has 1 aliphatic carbocycles. The summed E-state index contributed by atoms with van der Waals surface area (Å²) in [5.41, 5.74) is 3.97. The number of nitro groups is 1. The predicted molar refractivity (Wildman–Crippen MR) is 87.8 cm³/mol. The van der Waals surface area contributed by atoms with Gasteiger partial charge in [0.1, 0.15) is 6.10 Å². The van der Waals surface area contributed by atoms with Crippen LogP contribution in [0.25, 0.3) is 11.1 Å². The molecule has 0 fully saturated rings. The summed E-state index contributed by atoms with van der Waals surface area (Å²) in [6.07, 6.45) is -0.871. The molecular weight excluding hydrogens is 316 g/mol. The highest BCUT2D eigenvalue weighted by atomic mass is 16.6. The molecule has 0 heterocycles. The highest BCUT2D eigenvalue weighted by Crippen LogP contribution is 2.47. The minimum Gasteiger partial charge on any atom is -0.761 e. The van der Waals surface area contributed by atoms with Gasteiger partial charge in [-0.25, -0.2) is 0 Å². The van der Waals surface area contributed by atoms with E-state index in [0.717, 1.165) is 0 Å². The third kappa shape index (κ3) is 2.52. The van der Waals surface area contributed by atoms with Crippen molar-refractivity contribution in [3.8, 4) is 11.1 Å². The fraction of sp³-hybridized carbons (Fsp3) is 0.188. The van der Waals surface area contributed by atoms with Crippen LogP contribution in [0.2, 0.25) is 0 Å². The first-order chi connectivity index (χ1) is 11.0. The number of rotatable bonds is 4. The van der Waals surface area contributed by atoms with Crippen LogP contribution in [-0.2, 0) is 0 Å². The molecule has 126 valence electrons. The quantitative estimate of drug-likeness (QED) is 0.499. The molecule has 0 spiro atoms. The van der Waals surface area contributed by atoms with E-state index < -0.39 is 11.0 Å². The lowest BCUT2D eigenvalue weighted by Crippen LogP contribution is -2.03. The maximum atomic E-state index is 12.2. The van der Waals surface area contributed by atoms with Crippen LogP contribution in [0.4, 0.5) is 11.4 Å². The molecule has 2 aromatic rings. The number of non-ortho nitro benzene ring substituents is 1. The van der Waals surface area contributed by atoms with E-state index in [1.54, 1.807) is 12.4 Å². The molecule has 3 rings (SSSR count). The van der Waals surface area contributed by atoms with Gasteiger partial charge in [-0.15, -0.1) is 0 Å². The van der Waals surface area contributed by atoms with Crippen molar-refractivity contribution in [2.45, 2.75) is 19.4 Å². The molecule has 4 N–H and O–H groups in total. The van der Waals surface area contributed by atoms with Gasteiger partial charge < -0.3 is 21.3 Å². The largest absolute Gasteiger partial charge is 0.761 e. The Bertz CT molecular complexity index is 834. The Kier molecular flexibility index (Phi) is 4.65. The Morgan fingerprint density at radius 3 is 2.58 bits per heavy atom. The second-order valence-corrected chi connectivity index (χ2v) is 5.30. The van der Waals surface area contributed by atoms with Crippen LogP contribution < -0.4 is 5.48 Å². The second kappa shape index (κ2) is 6.36. The molecule has 0 bridgehead atoms. The van der Waals surface area contributed by atoms with Crippen molar-refractivity contribution < 1.29 is 20.3 Å². The Morgan fingerprint density at radius 1 is 1.29 bits per heavy atom. The van der Waals surface area contributed by atoms with E-state index >= 15 is 0 Å². The number of nitrogens with zero attached hydrogens (tertiary/aromatic N) is 1. The second-order valence-electron chi connectivity index (χ2n) is 5.30. The third-order valence-electron chi connectivity index (χ3n) is 4.01. The lowest BCUT2D eigenvalue weighted by Gasteiger charge is -2.15. The first kappa shape index (κ1) is 17.5. The molecule has 8 heteroatoms. The first-order valence-corrected chi connectivity index (χ1v) is 7.04. The topological polar surface area (TPSA) is 147 Å². The molecule has 8 nitrogen and oxygen atoms in total. The van der Waals surface area contributed by atoms with Crippen molar-refractivity contribution in [1.29, 1.82) is 0 Å². The fourth-order valence-corrected chi connectivity index (χ4v) is 2.94. The minimum absolute atomic E-state index is 0. The summed E-state index contributed by atoms with van der Waals surface area (Å²) in [4.78, 5) is 22.6.